The molecule has 5 nitrogen and oxygen atoms in total. The third kappa shape index (κ3) is 1.34. The molecule has 6 N–H and O–H groups in total. The lowest BCUT2D eigenvalue weighted by molar-refractivity contribution is 1.23. The topological polar surface area (TPSA) is 89.0 Å². The van der Waals surface area contributed by atoms with Gasteiger partial charge in [0.2, 0.25) is 0 Å². The van der Waals surface area contributed by atoms with E-state index in [4.69, 9.17) is 11.7 Å². The summed E-state index contributed by atoms with van der Waals surface area (Å²) in [6, 6.07) is 9.63. The normalized spacial score (nSPS) is 10.1. The minimum atomic E-state index is 0.534. The molecule has 0 saturated heterocycles. The number of nitrogens with one attached hydrogen (secondary N) is 2. The highest BCUT2D eigenvalue weighted by Crippen LogP contribution is 2.22. The van der Waals surface area contributed by atoms with Gasteiger partial charge in [0.15, 0.2) is 5.82 Å². The van der Waals surface area contributed by atoms with Crippen molar-refractivity contribution in [3.8, 4) is 0 Å². The lowest BCUT2D eigenvalue weighted by Crippen LogP contribution is -2.15. The molecule has 2 aromatic rings. The van der Waals surface area contributed by atoms with Crippen molar-refractivity contribution in [2.45, 2.75) is 0 Å². The smallest absolute Gasteiger partial charge is 0.165 e. The Morgan fingerprint density at radius 1 is 1.07 bits per heavy atom. The van der Waals surface area contributed by atoms with Crippen molar-refractivity contribution in [3.63, 3.8) is 0 Å². The Balaban J connectivity index is 2.69. The molecule has 5 heteroatoms. The molecular weight excluding hydrogens is 178 g/mol. The summed E-state index contributed by atoms with van der Waals surface area (Å²) >= 11 is 0. The predicted octanol–water partition coefficient (Wildman–Crippen LogP) is 0.806. The number of aromatic nitrogens is 1. The van der Waals surface area contributed by atoms with Gasteiger partial charge in [-0.2, -0.15) is 0 Å². The van der Waals surface area contributed by atoms with Gasteiger partial charge in [-0.25, -0.2) is 10.8 Å². The lowest BCUT2D eigenvalue weighted by atomic mass is 10.2. The zero-order valence-electron chi connectivity index (χ0n) is 7.49. The second-order valence-electron chi connectivity index (χ2n) is 2.87. The van der Waals surface area contributed by atoms with Crippen molar-refractivity contribution >= 4 is 22.4 Å². The van der Waals surface area contributed by atoms with Crippen molar-refractivity contribution in [2.24, 2.45) is 11.7 Å². The number of nitrogens with two attached hydrogens (primary N) is 2. The molecular formula is C9H11N5. The molecule has 2 rings (SSSR count). The average molecular weight is 189 g/mol. The Morgan fingerprint density at radius 2 is 1.86 bits per heavy atom. The number of rotatable bonds is 2. The van der Waals surface area contributed by atoms with Gasteiger partial charge in [-0.15, -0.1) is 0 Å². The molecule has 0 saturated carbocycles. The number of nitrogens with zero attached hydrogens (tertiary/aromatic N) is 1. The van der Waals surface area contributed by atoms with Crippen LogP contribution in [0.2, 0.25) is 0 Å². The zero-order chi connectivity index (χ0) is 9.97. The van der Waals surface area contributed by atoms with Crippen LogP contribution in [0.3, 0.4) is 0 Å². The van der Waals surface area contributed by atoms with Gasteiger partial charge in [0.25, 0.3) is 0 Å². The predicted molar refractivity (Wildman–Crippen MR) is 57.4 cm³/mol. The Kier molecular flexibility index (Phi) is 2.18. The van der Waals surface area contributed by atoms with E-state index in [-0.39, 0.29) is 0 Å². The molecule has 1 aromatic heterocycles. The van der Waals surface area contributed by atoms with Crippen LogP contribution in [-0.4, -0.2) is 4.98 Å². The van der Waals surface area contributed by atoms with E-state index in [1.54, 1.807) is 0 Å². The Hall–Kier alpha value is -1.85. The van der Waals surface area contributed by atoms with Crippen LogP contribution in [0.1, 0.15) is 0 Å². The fraction of sp³-hybridized carbons (Fsp3) is 0. The van der Waals surface area contributed by atoms with E-state index in [1.807, 2.05) is 30.3 Å². The summed E-state index contributed by atoms with van der Waals surface area (Å²) < 4.78 is 0. The number of hydrogen-bond acceptors (Lipinski definition) is 5. The number of fused-ring (bicyclic) bond motifs is 1. The summed E-state index contributed by atoms with van der Waals surface area (Å²) in [7, 11) is 0. The number of para-hydroxylation sites is 1. The van der Waals surface area contributed by atoms with Gasteiger partial charge in [-0.3, -0.25) is 5.84 Å². The third-order valence-electron chi connectivity index (χ3n) is 2.02. The molecule has 0 amide bonds. The molecule has 0 aliphatic carbocycles. The highest BCUT2D eigenvalue weighted by molar-refractivity contribution is 5.86. The van der Waals surface area contributed by atoms with Gasteiger partial charge < -0.3 is 10.9 Å². The van der Waals surface area contributed by atoms with E-state index in [1.165, 1.54) is 0 Å². The first-order chi connectivity index (χ1) is 6.85. The van der Waals surface area contributed by atoms with Crippen LogP contribution < -0.4 is 22.5 Å². The maximum Gasteiger partial charge on any atom is 0.165 e. The minimum absolute atomic E-state index is 0.534. The first-order valence-electron chi connectivity index (χ1n) is 4.18. The Morgan fingerprint density at radius 3 is 2.57 bits per heavy atom. The van der Waals surface area contributed by atoms with Gasteiger partial charge in [0.05, 0.1) is 11.2 Å². The van der Waals surface area contributed by atoms with E-state index < -0.39 is 0 Å². The summed E-state index contributed by atoms with van der Waals surface area (Å²) in [5.41, 5.74) is 6.57. The van der Waals surface area contributed by atoms with Crippen LogP contribution in [0.15, 0.2) is 30.3 Å². The van der Waals surface area contributed by atoms with Crippen LogP contribution in [0.4, 0.5) is 11.5 Å². The summed E-state index contributed by atoms with van der Waals surface area (Å²) in [6.45, 7) is 0. The van der Waals surface area contributed by atoms with Gasteiger partial charge in [0.1, 0.15) is 0 Å². The molecule has 0 fully saturated rings. The fourth-order valence-electron chi connectivity index (χ4n) is 1.34. The molecule has 0 radical (unpaired) electrons. The monoisotopic (exact) mass is 189 g/mol. The Bertz CT molecular complexity index is 411. The molecule has 1 aromatic carbocycles. The highest BCUT2D eigenvalue weighted by Gasteiger charge is 2.03. The number of hydrogen-bond donors (Lipinski definition) is 4. The minimum Gasteiger partial charge on any atom is -0.321 e. The van der Waals surface area contributed by atoms with Gasteiger partial charge >= 0.3 is 0 Å². The van der Waals surface area contributed by atoms with Crippen LogP contribution in [0, 0.1) is 0 Å². The second-order valence-corrected chi connectivity index (χ2v) is 2.87. The summed E-state index contributed by atoms with van der Waals surface area (Å²) in [6.07, 6.45) is 0. The molecule has 0 unspecified atom stereocenters. The average Bonchev–Trinajstić information content (AvgIpc) is 2.27. The van der Waals surface area contributed by atoms with E-state index >= 15 is 0 Å². The van der Waals surface area contributed by atoms with Crippen LogP contribution in [-0.2, 0) is 0 Å². The first-order valence-corrected chi connectivity index (χ1v) is 4.18. The van der Waals surface area contributed by atoms with Gasteiger partial charge in [-0.05, 0) is 12.1 Å². The van der Waals surface area contributed by atoms with Crippen molar-refractivity contribution in [1.29, 1.82) is 0 Å². The van der Waals surface area contributed by atoms with Crippen LogP contribution >= 0.6 is 0 Å². The van der Waals surface area contributed by atoms with Crippen molar-refractivity contribution in [1.82, 2.24) is 4.98 Å². The molecule has 14 heavy (non-hydrogen) atoms. The van der Waals surface area contributed by atoms with Crippen molar-refractivity contribution in [3.05, 3.63) is 30.3 Å². The van der Waals surface area contributed by atoms with Crippen LogP contribution in [0.5, 0.6) is 0 Å². The van der Waals surface area contributed by atoms with E-state index in [2.05, 4.69) is 15.8 Å². The first kappa shape index (κ1) is 8.74. The molecule has 1 heterocycles. The number of hydrazine groups is 2. The summed E-state index contributed by atoms with van der Waals surface area (Å²) in [4.78, 5) is 4.29. The molecule has 0 aliphatic rings. The standard InChI is InChI=1S/C9H11N5/c10-13-8-5-6-3-1-2-4-7(6)12-9(8)14-11/h1-5,13H,10-11H2,(H,12,14). The van der Waals surface area contributed by atoms with E-state index in [0.717, 1.165) is 10.9 Å². The quantitative estimate of drug-likeness (QED) is 0.414. The number of pyridine rings is 1. The number of anilines is 2. The summed E-state index contributed by atoms with van der Waals surface area (Å²) in [5, 5.41) is 1.01. The van der Waals surface area contributed by atoms with Gasteiger partial charge in [0, 0.05) is 5.39 Å². The maximum atomic E-state index is 5.33. The fourth-order valence-corrected chi connectivity index (χ4v) is 1.34. The largest absolute Gasteiger partial charge is 0.321 e. The molecule has 0 bridgehead atoms. The lowest BCUT2D eigenvalue weighted by Gasteiger charge is -2.08. The number of nitrogen functional groups attached to an aromatic ring is 2. The number of benzene rings is 1. The maximum absolute atomic E-state index is 5.33. The van der Waals surface area contributed by atoms with Crippen molar-refractivity contribution < 1.29 is 0 Å². The molecule has 0 atom stereocenters. The third-order valence-corrected chi connectivity index (χ3v) is 2.02. The zero-order valence-corrected chi connectivity index (χ0v) is 7.49. The molecule has 0 spiro atoms. The Labute approximate surface area is 81.1 Å². The highest BCUT2D eigenvalue weighted by atomic mass is 15.3. The van der Waals surface area contributed by atoms with Gasteiger partial charge in [-0.1, -0.05) is 18.2 Å². The van der Waals surface area contributed by atoms with Crippen molar-refractivity contribution in [2.75, 3.05) is 10.9 Å². The molecule has 0 aliphatic heterocycles. The second kappa shape index (κ2) is 3.49. The van der Waals surface area contributed by atoms with Crippen LogP contribution in [0.25, 0.3) is 10.9 Å². The SMILES string of the molecule is NNc1cc2ccccc2nc1NN. The van der Waals surface area contributed by atoms with E-state index in [9.17, 15) is 0 Å². The summed E-state index contributed by atoms with van der Waals surface area (Å²) in [5.74, 6) is 11.2. The molecule has 72 valence electrons. The van der Waals surface area contributed by atoms with E-state index in [0.29, 0.717) is 11.5 Å².